The van der Waals surface area contributed by atoms with E-state index in [0.29, 0.717) is 41.0 Å². The second-order valence-electron chi connectivity index (χ2n) is 8.16. The first-order chi connectivity index (χ1) is 15.8. The van der Waals surface area contributed by atoms with E-state index in [2.05, 4.69) is 22.4 Å². The molecule has 1 amide bonds. The van der Waals surface area contributed by atoms with Crippen molar-refractivity contribution in [3.8, 4) is 0 Å². The second-order valence-corrected chi connectivity index (χ2v) is 11.1. The summed E-state index contributed by atoms with van der Waals surface area (Å²) in [6.45, 7) is 4.97. The van der Waals surface area contributed by atoms with Crippen LogP contribution in [0.1, 0.15) is 41.6 Å². The number of aryl methyl sites for hydroxylation is 1. The van der Waals surface area contributed by atoms with Crippen LogP contribution in [0.25, 0.3) is 0 Å². The van der Waals surface area contributed by atoms with Gasteiger partial charge in [-0.25, -0.2) is 13.4 Å². The van der Waals surface area contributed by atoms with Crippen LogP contribution in [0.15, 0.2) is 63.1 Å². The number of nitrogens with zero attached hydrogens (tertiary/aromatic N) is 3. The lowest BCUT2D eigenvalue weighted by Crippen LogP contribution is -2.39. The Morgan fingerprint density at radius 2 is 2.06 bits per heavy atom. The van der Waals surface area contributed by atoms with Crippen molar-refractivity contribution in [2.45, 2.75) is 42.4 Å². The molecule has 0 saturated carbocycles. The van der Waals surface area contributed by atoms with Crippen molar-refractivity contribution in [1.82, 2.24) is 14.4 Å². The van der Waals surface area contributed by atoms with Crippen LogP contribution in [0, 0.1) is 12.8 Å². The van der Waals surface area contributed by atoms with E-state index >= 15 is 0 Å². The summed E-state index contributed by atoms with van der Waals surface area (Å²) in [5, 5.41) is 7.37. The topological polar surface area (TPSA) is 105 Å². The number of pyridine rings is 1. The predicted octanol–water partition coefficient (Wildman–Crippen LogP) is 4.34. The Morgan fingerprint density at radius 3 is 2.76 bits per heavy atom. The van der Waals surface area contributed by atoms with Gasteiger partial charge in [-0.15, -0.1) is 0 Å². The first-order valence-corrected chi connectivity index (χ1v) is 13.2. The van der Waals surface area contributed by atoms with Gasteiger partial charge in [0.15, 0.2) is 0 Å². The molecule has 2 aromatic heterocycles. The summed E-state index contributed by atoms with van der Waals surface area (Å²) in [6.07, 6.45) is 3.55. The molecule has 0 spiro atoms. The number of thioether (sulfide) groups is 1. The van der Waals surface area contributed by atoms with E-state index in [1.165, 1.54) is 23.9 Å². The molecule has 1 saturated heterocycles. The average Bonchev–Trinajstić information content (AvgIpc) is 3.23. The Morgan fingerprint density at radius 1 is 1.27 bits per heavy atom. The maximum Gasteiger partial charge on any atom is 0.258 e. The highest BCUT2D eigenvalue weighted by Crippen LogP contribution is 2.26. The molecule has 1 aliphatic rings. The van der Waals surface area contributed by atoms with Gasteiger partial charge in [-0.05, 0) is 62.1 Å². The third-order valence-electron chi connectivity index (χ3n) is 5.42. The van der Waals surface area contributed by atoms with Crippen LogP contribution in [0.3, 0.4) is 0 Å². The van der Waals surface area contributed by atoms with Crippen molar-refractivity contribution in [1.29, 1.82) is 0 Å². The maximum absolute atomic E-state index is 12.9. The first-order valence-electron chi connectivity index (χ1n) is 10.7. The van der Waals surface area contributed by atoms with Gasteiger partial charge in [-0.2, -0.15) is 4.31 Å². The minimum absolute atomic E-state index is 0.232. The number of sulfonamides is 1. The molecule has 0 aliphatic carbocycles. The van der Waals surface area contributed by atoms with Crippen molar-refractivity contribution in [2.75, 3.05) is 18.4 Å². The Labute approximate surface area is 197 Å². The van der Waals surface area contributed by atoms with Crippen molar-refractivity contribution < 1.29 is 17.7 Å². The molecule has 174 valence electrons. The minimum Gasteiger partial charge on any atom is -0.361 e. The van der Waals surface area contributed by atoms with Crippen LogP contribution >= 0.6 is 11.8 Å². The molecule has 1 atom stereocenters. The number of benzene rings is 1. The van der Waals surface area contributed by atoms with Crippen molar-refractivity contribution in [3.05, 3.63) is 65.7 Å². The average molecular weight is 487 g/mol. The smallest absolute Gasteiger partial charge is 0.258 e. The third-order valence-corrected chi connectivity index (χ3v) is 8.34. The fourth-order valence-electron chi connectivity index (χ4n) is 3.73. The molecule has 1 aliphatic heterocycles. The first kappa shape index (κ1) is 23.5. The molecule has 4 rings (SSSR count). The molecule has 3 aromatic rings. The summed E-state index contributed by atoms with van der Waals surface area (Å²) in [6, 6.07) is 11.5. The van der Waals surface area contributed by atoms with Crippen molar-refractivity contribution in [2.24, 2.45) is 5.92 Å². The normalized spacial score (nSPS) is 17.1. The van der Waals surface area contributed by atoms with Gasteiger partial charge in [-0.3, -0.25) is 4.79 Å². The number of aromatic nitrogens is 2. The number of carbonyl (C=O) groups is 1. The number of rotatable bonds is 7. The fourth-order valence-corrected chi connectivity index (χ4v) is 6.20. The van der Waals surface area contributed by atoms with Gasteiger partial charge < -0.3 is 9.84 Å². The van der Waals surface area contributed by atoms with Gasteiger partial charge in [0.25, 0.3) is 5.91 Å². The van der Waals surface area contributed by atoms with Gasteiger partial charge in [0, 0.05) is 36.8 Å². The molecule has 10 heteroatoms. The van der Waals surface area contributed by atoms with E-state index in [1.807, 2.05) is 13.0 Å². The second kappa shape index (κ2) is 10.1. The molecule has 1 aromatic carbocycles. The quantitative estimate of drug-likeness (QED) is 0.495. The molecule has 33 heavy (non-hydrogen) atoms. The van der Waals surface area contributed by atoms with Gasteiger partial charge >= 0.3 is 0 Å². The van der Waals surface area contributed by atoms with E-state index in [9.17, 15) is 13.2 Å². The summed E-state index contributed by atoms with van der Waals surface area (Å²) >= 11 is 1.39. The van der Waals surface area contributed by atoms with Crippen LogP contribution in [-0.4, -0.2) is 41.9 Å². The number of amides is 1. The van der Waals surface area contributed by atoms with E-state index in [1.54, 1.807) is 34.8 Å². The standard InChI is InChI=1S/C23H26N4O4S2/c1-16-5-4-12-27(14-16)33(29,30)20-9-7-18(8-10-20)25-22(28)21-6-3-11-24-23(21)32-15-19-13-17(2)31-26-19/h3,6-11,13,16H,4-5,12,14-15H2,1-2H3,(H,25,28)/t16-/m1/s1. The number of carbonyl (C=O) groups excluding carboxylic acids is 1. The fraction of sp³-hybridized carbons (Fsp3) is 0.348. The van der Waals surface area contributed by atoms with Crippen LogP contribution < -0.4 is 5.32 Å². The van der Waals surface area contributed by atoms with Crippen LogP contribution in [-0.2, 0) is 15.8 Å². The van der Waals surface area contributed by atoms with E-state index in [4.69, 9.17) is 4.52 Å². The van der Waals surface area contributed by atoms with E-state index in [-0.39, 0.29) is 10.8 Å². The molecule has 0 radical (unpaired) electrons. The Bertz CT molecular complexity index is 1230. The van der Waals surface area contributed by atoms with Crippen LogP contribution in [0.5, 0.6) is 0 Å². The van der Waals surface area contributed by atoms with Gasteiger partial charge in [0.05, 0.1) is 16.2 Å². The third kappa shape index (κ3) is 5.63. The number of hydrogen-bond acceptors (Lipinski definition) is 7. The SMILES string of the molecule is Cc1cc(CSc2ncccc2C(=O)Nc2ccc(S(=O)(=O)N3CCC[C@@H](C)C3)cc2)no1. The molecule has 0 bridgehead atoms. The lowest BCUT2D eigenvalue weighted by Gasteiger charge is -2.30. The number of piperidine rings is 1. The molecular formula is C23H26N4O4S2. The Hall–Kier alpha value is -2.69. The van der Waals surface area contributed by atoms with Gasteiger partial charge in [-0.1, -0.05) is 23.8 Å². The van der Waals surface area contributed by atoms with Crippen molar-refractivity contribution in [3.63, 3.8) is 0 Å². The Kier molecular flexibility index (Phi) is 7.16. The highest BCUT2D eigenvalue weighted by atomic mass is 32.2. The summed E-state index contributed by atoms with van der Waals surface area (Å²) in [5.41, 5.74) is 1.72. The highest BCUT2D eigenvalue weighted by molar-refractivity contribution is 7.98. The summed E-state index contributed by atoms with van der Waals surface area (Å²) in [4.78, 5) is 17.4. The molecular weight excluding hydrogens is 460 g/mol. The zero-order chi connectivity index (χ0) is 23.4. The predicted molar refractivity (Wildman–Crippen MR) is 127 cm³/mol. The largest absolute Gasteiger partial charge is 0.361 e. The number of hydrogen-bond donors (Lipinski definition) is 1. The summed E-state index contributed by atoms with van der Waals surface area (Å²) in [7, 11) is -3.54. The summed E-state index contributed by atoms with van der Waals surface area (Å²) < 4.78 is 32.5. The zero-order valence-corrected chi connectivity index (χ0v) is 20.2. The maximum atomic E-state index is 12.9. The van der Waals surface area contributed by atoms with Crippen LogP contribution in [0.4, 0.5) is 5.69 Å². The lowest BCUT2D eigenvalue weighted by atomic mass is 10.0. The number of anilines is 1. The monoisotopic (exact) mass is 486 g/mol. The lowest BCUT2D eigenvalue weighted by molar-refractivity contribution is 0.102. The zero-order valence-electron chi connectivity index (χ0n) is 18.5. The molecule has 1 fully saturated rings. The van der Waals surface area contributed by atoms with E-state index in [0.717, 1.165) is 24.3 Å². The number of nitrogens with one attached hydrogen (secondary N) is 1. The minimum atomic E-state index is -3.54. The molecule has 3 heterocycles. The summed E-state index contributed by atoms with van der Waals surface area (Å²) in [5.74, 6) is 1.29. The van der Waals surface area contributed by atoms with E-state index < -0.39 is 10.0 Å². The van der Waals surface area contributed by atoms with Gasteiger partial charge in [0.1, 0.15) is 10.8 Å². The molecule has 8 nitrogen and oxygen atoms in total. The van der Waals surface area contributed by atoms with Crippen LogP contribution in [0.2, 0.25) is 0 Å². The van der Waals surface area contributed by atoms with Crippen molar-refractivity contribution >= 4 is 33.4 Å². The molecule has 0 unspecified atom stereocenters. The molecule has 1 N–H and O–H groups in total. The van der Waals surface area contributed by atoms with Gasteiger partial charge in [0.2, 0.25) is 10.0 Å². The highest BCUT2D eigenvalue weighted by Gasteiger charge is 2.28. The Balaban J connectivity index is 1.44.